The van der Waals surface area contributed by atoms with Crippen molar-refractivity contribution in [2.45, 2.75) is 73.4 Å². The average Bonchev–Trinajstić information content (AvgIpc) is 2.09. The molecule has 0 bridgehead atoms. The Labute approximate surface area is 101 Å². The van der Waals surface area contributed by atoms with Crippen molar-refractivity contribution in [1.29, 1.82) is 0 Å². The summed E-state index contributed by atoms with van der Waals surface area (Å²) in [5.41, 5.74) is -0.290. The van der Waals surface area contributed by atoms with E-state index in [2.05, 4.69) is 39.9 Å². The van der Waals surface area contributed by atoms with Crippen LogP contribution in [0.2, 0.25) is 0 Å². The molecule has 0 aliphatic carbocycles. The van der Waals surface area contributed by atoms with Crippen LogP contribution in [0, 0.1) is 11.3 Å². The molecule has 1 N–H and O–H groups in total. The predicted molar refractivity (Wildman–Crippen MR) is 70.6 cm³/mol. The molecule has 0 rings (SSSR count). The van der Waals surface area contributed by atoms with Gasteiger partial charge in [0.05, 0.1) is 6.04 Å². The smallest absolute Gasteiger partial charge is 0.155 e. The molecule has 0 aliphatic heterocycles. The largest absolute Gasteiger partial charge is 0.302 e. The SMILES string of the molecule is CCC(C)[C@@H](NC(C)(C)C)C(=O)C(C)(C)C. The molecule has 16 heavy (non-hydrogen) atoms. The molecule has 0 aliphatic rings. The van der Waals surface area contributed by atoms with E-state index < -0.39 is 0 Å². The summed E-state index contributed by atoms with van der Waals surface area (Å²) in [5.74, 6) is 0.697. The van der Waals surface area contributed by atoms with Gasteiger partial charge in [-0.25, -0.2) is 0 Å². The lowest BCUT2D eigenvalue weighted by atomic mass is 9.80. The van der Waals surface area contributed by atoms with E-state index in [0.717, 1.165) is 6.42 Å². The fraction of sp³-hybridized carbons (Fsp3) is 0.929. The number of ketones is 1. The molecule has 96 valence electrons. The first-order valence-electron chi connectivity index (χ1n) is 6.31. The minimum absolute atomic E-state index is 0.0188. The molecule has 0 heterocycles. The lowest BCUT2D eigenvalue weighted by Gasteiger charge is -2.35. The van der Waals surface area contributed by atoms with Crippen LogP contribution in [0.25, 0.3) is 0 Å². The first kappa shape index (κ1) is 15.6. The van der Waals surface area contributed by atoms with Crippen molar-refractivity contribution < 1.29 is 4.79 Å². The van der Waals surface area contributed by atoms with E-state index in [4.69, 9.17) is 0 Å². The highest BCUT2D eigenvalue weighted by molar-refractivity contribution is 5.89. The highest BCUT2D eigenvalue weighted by atomic mass is 16.1. The van der Waals surface area contributed by atoms with E-state index in [1.807, 2.05) is 20.8 Å². The zero-order chi connectivity index (χ0) is 13.1. The van der Waals surface area contributed by atoms with Crippen molar-refractivity contribution in [3.05, 3.63) is 0 Å². The van der Waals surface area contributed by atoms with Gasteiger partial charge < -0.3 is 5.32 Å². The van der Waals surface area contributed by atoms with Crippen molar-refractivity contribution in [2.24, 2.45) is 11.3 Å². The van der Waals surface area contributed by atoms with Crippen LogP contribution in [0.3, 0.4) is 0 Å². The number of rotatable bonds is 4. The van der Waals surface area contributed by atoms with Crippen molar-refractivity contribution in [1.82, 2.24) is 5.32 Å². The molecule has 2 atom stereocenters. The Hall–Kier alpha value is -0.370. The minimum Gasteiger partial charge on any atom is -0.302 e. The van der Waals surface area contributed by atoms with Crippen LogP contribution in [0.5, 0.6) is 0 Å². The summed E-state index contributed by atoms with van der Waals surface area (Å²) >= 11 is 0. The summed E-state index contributed by atoms with van der Waals surface area (Å²) in [6, 6.07) is -0.0370. The Morgan fingerprint density at radius 2 is 1.56 bits per heavy atom. The van der Waals surface area contributed by atoms with Gasteiger partial charge in [-0.1, -0.05) is 41.0 Å². The zero-order valence-electron chi connectivity index (χ0n) is 12.3. The molecule has 0 radical (unpaired) electrons. The number of hydrogen-bond acceptors (Lipinski definition) is 2. The third-order valence-electron chi connectivity index (χ3n) is 2.82. The normalized spacial score (nSPS) is 17.0. The standard InChI is InChI=1S/C14H29NO/c1-9-10(2)11(15-14(6,7)8)12(16)13(3,4)5/h10-11,15H,9H2,1-8H3/t10?,11-/m1/s1. The van der Waals surface area contributed by atoms with E-state index in [9.17, 15) is 4.79 Å². The van der Waals surface area contributed by atoms with Crippen LogP contribution in [-0.4, -0.2) is 17.4 Å². The van der Waals surface area contributed by atoms with Gasteiger partial charge in [-0.15, -0.1) is 0 Å². The second kappa shape index (κ2) is 5.31. The second-order valence-corrected chi connectivity index (χ2v) is 6.87. The summed E-state index contributed by atoms with van der Waals surface area (Å²) < 4.78 is 0. The van der Waals surface area contributed by atoms with Gasteiger partial charge in [0.2, 0.25) is 0 Å². The highest BCUT2D eigenvalue weighted by Gasteiger charge is 2.34. The van der Waals surface area contributed by atoms with E-state index in [-0.39, 0.29) is 17.0 Å². The average molecular weight is 227 g/mol. The first-order chi connectivity index (χ1) is 6.99. The zero-order valence-corrected chi connectivity index (χ0v) is 12.3. The van der Waals surface area contributed by atoms with E-state index >= 15 is 0 Å². The van der Waals surface area contributed by atoms with Crippen LogP contribution >= 0.6 is 0 Å². The monoisotopic (exact) mass is 227 g/mol. The molecule has 0 amide bonds. The summed E-state index contributed by atoms with van der Waals surface area (Å²) in [7, 11) is 0. The number of carbonyl (C=O) groups excluding carboxylic acids is 1. The van der Waals surface area contributed by atoms with E-state index in [1.165, 1.54) is 0 Å². The molecule has 0 fully saturated rings. The third-order valence-corrected chi connectivity index (χ3v) is 2.82. The third kappa shape index (κ3) is 5.11. The molecule has 2 nitrogen and oxygen atoms in total. The topological polar surface area (TPSA) is 29.1 Å². The minimum atomic E-state index is -0.271. The fourth-order valence-electron chi connectivity index (χ4n) is 1.63. The summed E-state index contributed by atoms with van der Waals surface area (Å²) in [6.45, 7) is 16.6. The van der Waals surface area contributed by atoms with Gasteiger partial charge in [-0.3, -0.25) is 4.79 Å². The Bertz CT molecular complexity index is 232. The second-order valence-electron chi connectivity index (χ2n) is 6.87. The summed E-state index contributed by atoms with van der Waals surface area (Å²) in [4.78, 5) is 12.4. The number of hydrogen-bond donors (Lipinski definition) is 1. The van der Waals surface area contributed by atoms with Gasteiger partial charge in [0.15, 0.2) is 5.78 Å². The van der Waals surface area contributed by atoms with Crippen molar-refractivity contribution >= 4 is 5.78 Å². The Morgan fingerprint density at radius 1 is 1.12 bits per heavy atom. The molecular formula is C14H29NO. The quantitative estimate of drug-likeness (QED) is 0.797. The Morgan fingerprint density at radius 3 is 1.81 bits per heavy atom. The molecule has 0 saturated carbocycles. The Balaban J connectivity index is 4.89. The van der Waals surface area contributed by atoms with Crippen molar-refractivity contribution in [2.75, 3.05) is 0 Å². The molecule has 2 heteroatoms. The van der Waals surface area contributed by atoms with E-state index in [1.54, 1.807) is 0 Å². The summed E-state index contributed by atoms with van der Waals surface area (Å²) in [5, 5.41) is 3.46. The maximum atomic E-state index is 12.4. The molecule has 0 aromatic heterocycles. The fourth-order valence-corrected chi connectivity index (χ4v) is 1.63. The van der Waals surface area contributed by atoms with Crippen LogP contribution in [0.4, 0.5) is 0 Å². The van der Waals surface area contributed by atoms with Gasteiger partial charge in [0.1, 0.15) is 0 Å². The number of nitrogens with one attached hydrogen (secondary N) is 1. The number of Topliss-reactive ketones (excluding diaryl/α,β-unsaturated/α-hetero) is 1. The van der Waals surface area contributed by atoms with Gasteiger partial charge in [-0.2, -0.15) is 0 Å². The van der Waals surface area contributed by atoms with Gasteiger partial charge in [0.25, 0.3) is 0 Å². The molecular weight excluding hydrogens is 198 g/mol. The van der Waals surface area contributed by atoms with E-state index in [0.29, 0.717) is 11.7 Å². The van der Waals surface area contributed by atoms with Crippen molar-refractivity contribution in [3.63, 3.8) is 0 Å². The van der Waals surface area contributed by atoms with Crippen LogP contribution in [0.15, 0.2) is 0 Å². The maximum absolute atomic E-state index is 12.4. The van der Waals surface area contributed by atoms with Gasteiger partial charge >= 0.3 is 0 Å². The predicted octanol–water partition coefficient (Wildman–Crippen LogP) is 3.40. The van der Waals surface area contributed by atoms with Crippen LogP contribution < -0.4 is 5.32 Å². The maximum Gasteiger partial charge on any atom is 0.155 e. The van der Waals surface area contributed by atoms with Crippen LogP contribution in [0.1, 0.15) is 61.8 Å². The highest BCUT2D eigenvalue weighted by Crippen LogP contribution is 2.23. The van der Waals surface area contributed by atoms with Crippen LogP contribution in [-0.2, 0) is 4.79 Å². The Kier molecular flexibility index (Phi) is 5.18. The molecule has 0 spiro atoms. The molecule has 1 unspecified atom stereocenters. The molecule has 0 saturated heterocycles. The van der Waals surface area contributed by atoms with Crippen molar-refractivity contribution in [3.8, 4) is 0 Å². The lowest BCUT2D eigenvalue weighted by Crippen LogP contribution is -2.53. The molecule has 0 aromatic carbocycles. The van der Waals surface area contributed by atoms with Gasteiger partial charge in [0, 0.05) is 11.0 Å². The van der Waals surface area contributed by atoms with Gasteiger partial charge in [-0.05, 0) is 26.7 Å². The molecule has 0 aromatic rings. The number of carbonyl (C=O) groups is 1. The summed E-state index contributed by atoms with van der Waals surface area (Å²) in [6.07, 6.45) is 1.02. The lowest BCUT2D eigenvalue weighted by molar-refractivity contribution is -0.130. The first-order valence-corrected chi connectivity index (χ1v) is 6.31.